The number of hydrogen-bond donors (Lipinski definition) is 3. The van der Waals surface area contributed by atoms with Crippen LogP contribution >= 0.6 is 11.3 Å². The first-order chi connectivity index (χ1) is 11.0. The lowest BCUT2D eigenvalue weighted by Crippen LogP contribution is -2.39. The summed E-state index contributed by atoms with van der Waals surface area (Å²) in [4.78, 5) is 8.83. The van der Waals surface area contributed by atoms with E-state index in [0.717, 1.165) is 30.2 Å². The number of rotatable bonds is 10. The summed E-state index contributed by atoms with van der Waals surface area (Å²) < 4.78 is 5.42. The fourth-order valence-corrected chi connectivity index (χ4v) is 2.51. The van der Waals surface area contributed by atoms with Crippen molar-refractivity contribution in [2.75, 3.05) is 32.8 Å². The lowest BCUT2D eigenvalue weighted by atomic mass is 10.2. The van der Waals surface area contributed by atoms with Crippen molar-refractivity contribution in [1.82, 2.24) is 15.6 Å². The second-order valence-corrected chi connectivity index (χ2v) is 6.90. The second kappa shape index (κ2) is 11.4. The number of nitrogens with zero attached hydrogens (tertiary/aromatic N) is 2. The fraction of sp³-hybridized carbons (Fsp3) is 0.750. The average molecular weight is 343 g/mol. The highest BCUT2D eigenvalue weighted by atomic mass is 32.1. The number of aryl methyl sites for hydroxylation is 1. The average Bonchev–Trinajstić information content (AvgIpc) is 2.90. The Kier molecular flexibility index (Phi) is 9.82. The summed E-state index contributed by atoms with van der Waals surface area (Å²) in [5.41, 5.74) is 1.10. The highest BCUT2D eigenvalue weighted by Gasteiger charge is 2.06. The van der Waals surface area contributed by atoms with E-state index in [-0.39, 0.29) is 0 Å². The van der Waals surface area contributed by atoms with Gasteiger partial charge in [0.2, 0.25) is 0 Å². The molecule has 1 unspecified atom stereocenters. The summed E-state index contributed by atoms with van der Waals surface area (Å²) >= 11 is 1.67. The molecule has 0 spiro atoms. The van der Waals surface area contributed by atoms with Gasteiger partial charge in [-0.25, -0.2) is 4.98 Å². The minimum Gasteiger partial charge on any atom is -0.389 e. The monoisotopic (exact) mass is 342 g/mol. The molecule has 1 aromatic heterocycles. The molecule has 0 aliphatic rings. The highest BCUT2D eigenvalue weighted by Crippen LogP contribution is 2.07. The van der Waals surface area contributed by atoms with Crippen molar-refractivity contribution in [1.29, 1.82) is 0 Å². The molecule has 6 nitrogen and oxygen atoms in total. The van der Waals surface area contributed by atoms with E-state index in [9.17, 15) is 5.11 Å². The summed E-state index contributed by atoms with van der Waals surface area (Å²) in [5.74, 6) is 1.18. The van der Waals surface area contributed by atoms with Crippen molar-refractivity contribution in [3.63, 3.8) is 0 Å². The van der Waals surface area contributed by atoms with E-state index in [0.29, 0.717) is 31.6 Å². The molecule has 1 rings (SSSR count). The van der Waals surface area contributed by atoms with Crippen LogP contribution < -0.4 is 10.6 Å². The maximum absolute atomic E-state index is 9.89. The number of aromatic nitrogens is 1. The molecule has 0 aromatic carbocycles. The Balaban J connectivity index is 2.31. The van der Waals surface area contributed by atoms with Crippen LogP contribution in [0.2, 0.25) is 0 Å². The van der Waals surface area contributed by atoms with Crippen LogP contribution in [0.5, 0.6) is 0 Å². The molecule has 132 valence electrons. The first kappa shape index (κ1) is 19.9. The van der Waals surface area contributed by atoms with E-state index >= 15 is 0 Å². The molecule has 0 aliphatic carbocycles. The van der Waals surface area contributed by atoms with Gasteiger partial charge in [0, 0.05) is 31.5 Å². The predicted molar refractivity (Wildman–Crippen MR) is 96.2 cm³/mol. The van der Waals surface area contributed by atoms with Crippen LogP contribution in [-0.2, 0) is 11.2 Å². The van der Waals surface area contributed by atoms with Crippen LogP contribution in [0.4, 0.5) is 0 Å². The molecule has 0 aliphatic heterocycles. The van der Waals surface area contributed by atoms with E-state index < -0.39 is 6.10 Å². The van der Waals surface area contributed by atoms with Gasteiger partial charge in [-0.3, -0.25) is 4.99 Å². The van der Waals surface area contributed by atoms with E-state index in [1.54, 1.807) is 11.3 Å². The molecule has 0 amide bonds. The predicted octanol–water partition coefficient (Wildman–Crippen LogP) is 1.58. The van der Waals surface area contributed by atoms with Gasteiger partial charge in [0.05, 0.1) is 30.0 Å². The van der Waals surface area contributed by atoms with E-state index in [4.69, 9.17) is 4.74 Å². The maximum atomic E-state index is 9.89. The lowest BCUT2D eigenvalue weighted by molar-refractivity contribution is 0.0301. The van der Waals surface area contributed by atoms with Gasteiger partial charge in [0.1, 0.15) is 0 Å². The van der Waals surface area contributed by atoms with Crippen molar-refractivity contribution >= 4 is 17.3 Å². The van der Waals surface area contributed by atoms with Gasteiger partial charge in [-0.15, -0.1) is 11.3 Å². The van der Waals surface area contributed by atoms with E-state index in [2.05, 4.69) is 39.8 Å². The number of guanidine groups is 1. The molecule has 0 bridgehead atoms. The Labute approximate surface area is 143 Å². The molecular formula is C16H30N4O2S. The molecule has 1 heterocycles. The molecule has 7 heteroatoms. The molecule has 0 saturated carbocycles. The second-order valence-electron chi connectivity index (χ2n) is 5.84. The van der Waals surface area contributed by atoms with Crippen LogP contribution in [0.25, 0.3) is 0 Å². The molecule has 0 radical (unpaired) electrons. The Morgan fingerprint density at radius 1 is 1.39 bits per heavy atom. The molecule has 1 atom stereocenters. The molecule has 0 fully saturated rings. The molecule has 1 aromatic rings. The standard InChI is InChI=1S/C16H30N4O2S/c1-5-17-16(18-7-6-14-11-23-13(4)20-14)19-8-15(21)10-22-9-12(2)3/h11-12,15,21H,5-10H2,1-4H3,(H2,17,18,19). The van der Waals surface area contributed by atoms with E-state index in [1.807, 2.05) is 13.8 Å². The van der Waals surface area contributed by atoms with Gasteiger partial charge < -0.3 is 20.5 Å². The zero-order chi connectivity index (χ0) is 17.1. The quantitative estimate of drug-likeness (QED) is 0.444. The summed E-state index contributed by atoms with van der Waals surface area (Å²) in [6.45, 7) is 11.0. The summed E-state index contributed by atoms with van der Waals surface area (Å²) in [6, 6.07) is 0. The highest BCUT2D eigenvalue weighted by molar-refractivity contribution is 7.09. The fourth-order valence-electron chi connectivity index (χ4n) is 1.86. The van der Waals surface area contributed by atoms with Crippen LogP contribution in [0.1, 0.15) is 31.5 Å². The first-order valence-electron chi connectivity index (χ1n) is 8.20. The number of ether oxygens (including phenoxy) is 1. The van der Waals surface area contributed by atoms with Gasteiger partial charge in [-0.05, 0) is 19.8 Å². The number of aliphatic imine (C=N–C) groups is 1. The summed E-state index contributed by atoms with van der Waals surface area (Å²) in [5, 5.41) is 19.5. The zero-order valence-corrected chi connectivity index (χ0v) is 15.4. The minimum atomic E-state index is -0.578. The smallest absolute Gasteiger partial charge is 0.191 e. The minimum absolute atomic E-state index is 0.319. The Morgan fingerprint density at radius 3 is 2.78 bits per heavy atom. The molecule has 0 saturated heterocycles. The normalized spacial score (nSPS) is 13.4. The topological polar surface area (TPSA) is 78.8 Å². The largest absolute Gasteiger partial charge is 0.389 e. The first-order valence-corrected chi connectivity index (χ1v) is 9.08. The lowest BCUT2D eigenvalue weighted by Gasteiger charge is -2.13. The number of hydrogen-bond acceptors (Lipinski definition) is 5. The van der Waals surface area contributed by atoms with Crippen LogP contribution in [0.15, 0.2) is 10.4 Å². The SMILES string of the molecule is CCNC(=NCC(O)COCC(C)C)NCCc1csc(C)n1. The maximum Gasteiger partial charge on any atom is 0.191 e. The van der Waals surface area contributed by atoms with Crippen LogP contribution in [0.3, 0.4) is 0 Å². The van der Waals surface area contributed by atoms with Crippen molar-refractivity contribution in [2.45, 2.75) is 40.2 Å². The van der Waals surface area contributed by atoms with Gasteiger partial charge in [0.15, 0.2) is 5.96 Å². The van der Waals surface area contributed by atoms with Crippen LogP contribution in [-0.4, -0.2) is 55.0 Å². The van der Waals surface area contributed by atoms with Crippen LogP contribution in [0, 0.1) is 12.8 Å². The Hall–Kier alpha value is -1.18. The third-order valence-electron chi connectivity index (χ3n) is 2.91. The third kappa shape index (κ3) is 9.53. The van der Waals surface area contributed by atoms with Gasteiger partial charge in [0.25, 0.3) is 0 Å². The molecule has 23 heavy (non-hydrogen) atoms. The molecule has 3 N–H and O–H groups in total. The van der Waals surface area contributed by atoms with Crippen molar-refractivity contribution in [3.05, 3.63) is 16.1 Å². The number of nitrogens with one attached hydrogen (secondary N) is 2. The number of aliphatic hydroxyl groups excluding tert-OH is 1. The summed E-state index contributed by atoms with van der Waals surface area (Å²) in [7, 11) is 0. The third-order valence-corrected chi connectivity index (χ3v) is 3.73. The molecular weight excluding hydrogens is 312 g/mol. The van der Waals surface area contributed by atoms with E-state index in [1.165, 1.54) is 0 Å². The van der Waals surface area contributed by atoms with Gasteiger partial charge >= 0.3 is 0 Å². The van der Waals surface area contributed by atoms with Gasteiger partial charge in [-0.1, -0.05) is 13.8 Å². The van der Waals surface area contributed by atoms with Crippen molar-refractivity contribution in [3.8, 4) is 0 Å². The number of thiazole rings is 1. The Morgan fingerprint density at radius 2 is 2.17 bits per heavy atom. The van der Waals surface area contributed by atoms with Crippen molar-refractivity contribution in [2.24, 2.45) is 10.9 Å². The summed E-state index contributed by atoms with van der Waals surface area (Å²) in [6.07, 6.45) is 0.278. The van der Waals surface area contributed by atoms with Crippen molar-refractivity contribution < 1.29 is 9.84 Å². The Bertz CT molecular complexity index is 463. The zero-order valence-electron chi connectivity index (χ0n) is 14.6. The number of aliphatic hydroxyl groups is 1. The van der Waals surface area contributed by atoms with Gasteiger partial charge in [-0.2, -0.15) is 0 Å².